The highest BCUT2D eigenvalue weighted by Crippen LogP contribution is 2.25. The number of rotatable bonds is 4. The van der Waals surface area contributed by atoms with Gasteiger partial charge in [-0.2, -0.15) is 0 Å². The van der Waals surface area contributed by atoms with Crippen LogP contribution in [0.1, 0.15) is 5.56 Å². The van der Waals surface area contributed by atoms with Crippen molar-refractivity contribution >= 4 is 41.4 Å². The maximum atomic E-state index is 5.84. The van der Waals surface area contributed by atoms with Gasteiger partial charge >= 0.3 is 7.66 Å². The summed E-state index contributed by atoms with van der Waals surface area (Å²) in [5, 5.41) is 0.663. The zero-order valence-electron chi connectivity index (χ0n) is 7.34. The third-order valence-corrected chi connectivity index (χ3v) is 2.80. The lowest BCUT2D eigenvalue weighted by atomic mass is 10.1. The molecule has 5 heteroatoms. The van der Waals surface area contributed by atoms with Crippen molar-refractivity contribution in [3.05, 3.63) is 41.4 Å². The summed E-state index contributed by atoms with van der Waals surface area (Å²) in [5.74, 6) is 0.691. The molecule has 0 unspecified atom stereocenters. The molecule has 0 atom stereocenters. The molecule has 0 aliphatic heterocycles. The van der Waals surface area contributed by atoms with E-state index in [1.165, 1.54) is 0 Å². The summed E-state index contributed by atoms with van der Waals surface area (Å²) in [7, 11) is -2.10. The largest absolute Gasteiger partial charge is 0.520 e. The Morgan fingerprint density at radius 3 is 2.71 bits per heavy atom. The van der Waals surface area contributed by atoms with Crippen LogP contribution in [0.15, 0.2) is 30.9 Å². The lowest BCUT2D eigenvalue weighted by Crippen LogP contribution is -2.07. The maximum absolute atomic E-state index is 5.84. The second kappa shape index (κ2) is 5.66. The SMILES string of the molecule is C=CCc1cc(Cl)ccc1O[SiH](Cl)Cl. The van der Waals surface area contributed by atoms with E-state index in [9.17, 15) is 0 Å². The summed E-state index contributed by atoms with van der Waals surface area (Å²) in [4.78, 5) is 0. The molecule has 0 aromatic heterocycles. The van der Waals surface area contributed by atoms with Gasteiger partial charge in [-0.25, -0.2) is 0 Å². The molecule has 0 N–H and O–H groups in total. The van der Waals surface area contributed by atoms with Crippen LogP contribution >= 0.6 is 33.8 Å². The maximum Gasteiger partial charge on any atom is 0.433 e. The quantitative estimate of drug-likeness (QED) is 0.460. The minimum absolute atomic E-state index is 0.663. The van der Waals surface area contributed by atoms with Crippen molar-refractivity contribution in [1.29, 1.82) is 0 Å². The smallest absolute Gasteiger partial charge is 0.433 e. The first-order valence-electron chi connectivity index (χ1n) is 3.97. The predicted molar refractivity (Wildman–Crippen MR) is 64.8 cm³/mol. The Hall–Kier alpha value is -0.153. The van der Waals surface area contributed by atoms with E-state index in [4.69, 9.17) is 38.2 Å². The number of benzene rings is 1. The molecular formula is C9H9Cl3OSi. The standard InChI is InChI=1S/C9H9Cl3OSi/c1-2-3-7-6-8(10)4-5-9(7)13-14(11)12/h2,4-6,14H,1,3H2. The fraction of sp³-hybridized carbons (Fsp3) is 0.111. The third-order valence-electron chi connectivity index (χ3n) is 1.60. The van der Waals surface area contributed by atoms with Crippen molar-refractivity contribution in [3.8, 4) is 5.75 Å². The minimum atomic E-state index is -2.10. The minimum Gasteiger partial charge on any atom is -0.520 e. The van der Waals surface area contributed by atoms with Crippen molar-refractivity contribution in [1.82, 2.24) is 0 Å². The van der Waals surface area contributed by atoms with Crippen LogP contribution in [0.3, 0.4) is 0 Å². The zero-order valence-corrected chi connectivity index (χ0v) is 10.8. The van der Waals surface area contributed by atoms with Crippen LogP contribution < -0.4 is 4.43 Å². The van der Waals surface area contributed by atoms with E-state index >= 15 is 0 Å². The molecule has 0 radical (unpaired) electrons. The van der Waals surface area contributed by atoms with Crippen LogP contribution in [0, 0.1) is 0 Å². The van der Waals surface area contributed by atoms with Crippen LogP contribution in [0.4, 0.5) is 0 Å². The van der Waals surface area contributed by atoms with Gasteiger partial charge in [0.2, 0.25) is 0 Å². The van der Waals surface area contributed by atoms with E-state index in [-0.39, 0.29) is 0 Å². The van der Waals surface area contributed by atoms with E-state index in [0.717, 1.165) is 5.56 Å². The molecule has 1 rings (SSSR count). The van der Waals surface area contributed by atoms with Crippen molar-refractivity contribution in [3.63, 3.8) is 0 Å². The highest BCUT2D eigenvalue weighted by molar-refractivity contribution is 7.31. The summed E-state index contributed by atoms with van der Waals surface area (Å²) in [6.45, 7) is 3.65. The Bertz CT molecular complexity index is 328. The second-order valence-electron chi connectivity index (χ2n) is 2.62. The summed E-state index contributed by atoms with van der Waals surface area (Å²) in [6.07, 6.45) is 2.46. The first-order valence-corrected chi connectivity index (χ1v) is 8.31. The fourth-order valence-corrected chi connectivity index (χ4v) is 2.27. The molecule has 14 heavy (non-hydrogen) atoms. The highest BCUT2D eigenvalue weighted by Gasteiger charge is 2.08. The summed E-state index contributed by atoms with van der Waals surface area (Å²) >= 11 is 17.1. The Balaban J connectivity index is 2.95. The van der Waals surface area contributed by atoms with Crippen LogP contribution in [0.2, 0.25) is 5.02 Å². The van der Waals surface area contributed by atoms with E-state index in [1.54, 1.807) is 18.2 Å². The molecule has 0 aliphatic carbocycles. The van der Waals surface area contributed by atoms with Gasteiger partial charge in [0.25, 0.3) is 0 Å². The molecule has 0 saturated heterocycles. The lowest BCUT2D eigenvalue weighted by molar-refractivity contribution is 0.596. The van der Waals surface area contributed by atoms with Crippen LogP contribution in [-0.4, -0.2) is 7.66 Å². The molecular weight excluding hydrogens is 259 g/mol. The Morgan fingerprint density at radius 1 is 1.43 bits per heavy atom. The summed E-state index contributed by atoms with van der Waals surface area (Å²) in [5.41, 5.74) is 0.950. The van der Waals surface area contributed by atoms with E-state index in [2.05, 4.69) is 6.58 Å². The van der Waals surface area contributed by atoms with Gasteiger partial charge in [0, 0.05) is 5.02 Å². The number of hydrogen-bond acceptors (Lipinski definition) is 1. The molecule has 1 aromatic carbocycles. The van der Waals surface area contributed by atoms with E-state index in [1.807, 2.05) is 6.07 Å². The number of hydrogen-bond donors (Lipinski definition) is 0. The molecule has 0 amide bonds. The topological polar surface area (TPSA) is 9.23 Å². The van der Waals surface area contributed by atoms with Crippen molar-refractivity contribution in [2.75, 3.05) is 0 Å². The van der Waals surface area contributed by atoms with Gasteiger partial charge < -0.3 is 4.43 Å². The van der Waals surface area contributed by atoms with Crippen LogP contribution in [0.25, 0.3) is 0 Å². The third kappa shape index (κ3) is 3.54. The monoisotopic (exact) mass is 266 g/mol. The normalized spacial score (nSPS) is 10.3. The molecule has 76 valence electrons. The lowest BCUT2D eigenvalue weighted by Gasteiger charge is -2.10. The summed E-state index contributed by atoms with van der Waals surface area (Å²) in [6, 6.07) is 5.34. The molecule has 1 aromatic rings. The second-order valence-corrected chi connectivity index (χ2v) is 6.87. The molecule has 0 heterocycles. The summed E-state index contributed by atoms with van der Waals surface area (Å²) < 4.78 is 5.32. The first-order chi connectivity index (χ1) is 6.63. The van der Waals surface area contributed by atoms with E-state index in [0.29, 0.717) is 17.2 Å². The average molecular weight is 268 g/mol. The molecule has 0 aliphatic rings. The van der Waals surface area contributed by atoms with Gasteiger partial charge in [0.1, 0.15) is 5.75 Å². The van der Waals surface area contributed by atoms with Gasteiger partial charge in [-0.15, -0.1) is 28.7 Å². The molecule has 0 bridgehead atoms. The van der Waals surface area contributed by atoms with Gasteiger partial charge in [0.05, 0.1) is 0 Å². The molecule has 1 nitrogen and oxygen atoms in total. The molecule has 0 spiro atoms. The van der Waals surface area contributed by atoms with Crippen molar-refractivity contribution in [2.45, 2.75) is 6.42 Å². The Labute approximate surface area is 99.4 Å². The Kier molecular flexibility index (Phi) is 4.82. The molecule has 0 fully saturated rings. The van der Waals surface area contributed by atoms with E-state index < -0.39 is 7.66 Å². The number of allylic oxidation sites excluding steroid dienone is 1. The van der Waals surface area contributed by atoms with Gasteiger partial charge in [-0.3, -0.25) is 0 Å². The van der Waals surface area contributed by atoms with Crippen molar-refractivity contribution in [2.24, 2.45) is 0 Å². The highest BCUT2D eigenvalue weighted by atomic mass is 35.7. The fourth-order valence-electron chi connectivity index (χ4n) is 1.07. The van der Waals surface area contributed by atoms with Gasteiger partial charge in [0.15, 0.2) is 0 Å². The molecule has 0 saturated carbocycles. The van der Waals surface area contributed by atoms with Crippen LogP contribution in [-0.2, 0) is 6.42 Å². The number of halogens is 3. The predicted octanol–water partition coefficient (Wildman–Crippen LogP) is 3.64. The van der Waals surface area contributed by atoms with Crippen LogP contribution in [0.5, 0.6) is 5.75 Å². The van der Waals surface area contributed by atoms with Crippen molar-refractivity contribution < 1.29 is 4.43 Å². The van der Waals surface area contributed by atoms with Gasteiger partial charge in [-0.05, 0) is 30.2 Å². The average Bonchev–Trinajstić information content (AvgIpc) is 2.09. The Morgan fingerprint density at radius 2 is 2.14 bits per heavy atom. The van der Waals surface area contributed by atoms with Gasteiger partial charge in [-0.1, -0.05) is 17.7 Å². The zero-order chi connectivity index (χ0) is 10.6. The first kappa shape index (κ1) is 11.9.